The van der Waals surface area contributed by atoms with Gasteiger partial charge in [-0.1, -0.05) is 29.8 Å². The summed E-state index contributed by atoms with van der Waals surface area (Å²) in [5.74, 6) is 1.52. The number of rotatable bonds is 6. The van der Waals surface area contributed by atoms with Crippen LogP contribution >= 0.6 is 0 Å². The van der Waals surface area contributed by atoms with Crippen molar-refractivity contribution in [2.75, 3.05) is 26.6 Å². The second kappa shape index (κ2) is 6.67. The van der Waals surface area contributed by atoms with Crippen LogP contribution in [0.1, 0.15) is 24.0 Å². The monoisotopic (exact) mass is 341 g/mol. The Labute approximate surface area is 147 Å². The van der Waals surface area contributed by atoms with E-state index in [-0.39, 0.29) is 5.91 Å². The average Bonchev–Trinajstić information content (AvgIpc) is 3.43. The third-order valence-electron chi connectivity index (χ3n) is 4.71. The van der Waals surface area contributed by atoms with Crippen LogP contribution in [0.5, 0.6) is 17.2 Å². The Balaban J connectivity index is 1.87. The quantitative estimate of drug-likeness (QED) is 0.870. The van der Waals surface area contributed by atoms with Crippen molar-refractivity contribution in [3.8, 4) is 17.2 Å². The molecule has 0 aliphatic heterocycles. The minimum absolute atomic E-state index is 0.00868. The van der Waals surface area contributed by atoms with Gasteiger partial charge in [0.1, 0.15) is 0 Å². The molecule has 2 aromatic rings. The first-order valence-corrected chi connectivity index (χ1v) is 8.22. The molecule has 0 saturated heterocycles. The maximum Gasteiger partial charge on any atom is 0.235 e. The van der Waals surface area contributed by atoms with Crippen molar-refractivity contribution >= 4 is 11.6 Å². The van der Waals surface area contributed by atoms with Crippen molar-refractivity contribution in [1.82, 2.24) is 0 Å². The third kappa shape index (κ3) is 3.14. The van der Waals surface area contributed by atoms with Gasteiger partial charge in [0.05, 0.1) is 26.7 Å². The number of hydrogen-bond acceptors (Lipinski definition) is 4. The van der Waals surface area contributed by atoms with Gasteiger partial charge in [0.25, 0.3) is 0 Å². The summed E-state index contributed by atoms with van der Waals surface area (Å²) < 4.78 is 16.0. The van der Waals surface area contributed by atoms with Gasteiger partial charge in [-0.05, 0) is 25.3 Å². The molecule has 2 aromatic carbocycles. The Hall–Kier alpha value is -2.69. The van der Waals surface area contributed by atoms with Gasteiger partial charge in [0.15, 0.2) is 11.5 Å². The highest BCUT2D eigenvalue weighted by Crippen LogP contribution is 2.49. The highest BCUT2D eigenvalue weighted by atomic mass is 16.5. The topological polar surface area (TPSA) is 56.8 Å². The largest absolute Gasteiger partial charge is 0.493 e. The summed E-state index contributed by atoms with van der Waals surface area (Å²) in [6.07, 6.45) is 1.71. The van der Waals surface area contributed by atoms with Crippen LogP contribution in [0.3, 0.4) is 0 Å². The van der Waals surface area contributed by atoms with Crippen LogP contribution in [0.25, 0.3) is 0 Å². The molecule has 0 heterocycles. The number of anilines is 1. The van der Waals surface area contributed by atoms with E-state index in [1.54, 1.807) is 33.5 Å². The van der Waals surface area contributed by atoms with Crippen molar-refractivity contribution in [2.45, 2.75) is 25.2 Å². The molecule has 25 heavy (non-hydrogen) atoms. The summed E-state index contributed by atoms with van der Waals surface area (Å²) in [7, 11) is 4.66. The van der Waals surface area contributed by atoms with E-state index in [9.17, 15) is 4.79 Å². The summed E-state index contributed by atoms with van der Waals surface area (Å²) in [5, 5.41) is 3.00. The minimum atomic E-state index is -0.436. The molecule has 1 fully saturated rings. The molecule has 0 aromatic heterocycles. The fraction of sp³-hybridized carbons (Fsp3) is 0.350. The molecule has 1 aliphatic rings. The first kappa shape index (κ1) is 17.1. The second-order valence-electron chi connectivity index (χ2n) is 6.32. The Morgan fingerprint density at radius 3 is 1.96 bits per heavy atom. The van der Waals surface area contributed by atoms with E-state index in [0.717, 1.165) is 18.4 Å². The molecule has 5 heteroatoms. The van der Waals surface area contributed by atoms with E-state index < -0.39 is 5.41 Å². The summed E-state index contributed by atoms with van der Waals surface area (Å²) >= 11 is 0. The van der Waals surface area contributed by atoms with Gasteiger partial charge < -0.3 is 19.5 Å². The number of amides is 1. The van der Waals surface area contributed by atoms with Crippen molar-refractivity contribution in [3.05, 3.63) is 47.5 Å². The average molecular weight is 341 g/mol. The molecule has 0 spiro atoms. The lowest BCUT2D eigenvalue weighted by atomic mass is 9.94. The minimum Gasteiger partial charge on any atom is -0.493 e. The number of benzene rings is 2. The van der Waals surface area contributed by atoms with Gasteiger partial charge in [0, 0.05) is 17.8 Å². The van der Waals surface area contributed by atoms with Crippen molar-refractivity contribution in [1.29, 1.82) is 0 Å². The van der Waals surface area contributed by atoms with E-state index in [1.165, 1.54) is 5.56 Å². The maximum atomic E-state index is 12.9. The van der Waals surface area contributed by atoms with E-state index >= 15 is 0 Å². The molecular formula is C20H23NO4. The van der Waals surface area contributed by atoms with Gasteiger partial charge in [-0.25, -0.2) is 0 Å². The standard InChI is InChI=1S/C20H23NO4/c1-13-5-7-14(8-6-13)20(9-10-20)19(22)21-15-11-16(23-2)18(25-4)17(12-15)24-3/h5-8,11-12H,9-10H2,1-4H3,(H,21,22). The van der Waals surface area contributed by atoms with Crippen molar-refractivity contribution < 1.29 is 19.0 Å². The van der Waals surface area contributed by atoms with Crippen LogP contribution in [0.15, 0.2) is 36.4 Å². The van der Waals surface area contributed by atoms with Crippen LogP contribution in [0.2, 0.25) is 0 Å². The molecular weight excluding hydrogens is 318 g/mol. The molecule has 1 amide bonds. The van der Waals surface area contributed by atoms with E-state index in [0.29, 0.717) is 22.9 Å². The molecule has 1 N–H and O–H groups in total. The molecule has 1 saturated carbocycles. The first-order valence-electron chi connectivity index (χ1n) is 8.22. The van der Waals surface area contributed by atoms with Gasteiger partial charge in [-0.3, -0.25) is 4.79 Å². The summed E-state index contributed by atoms with van der Waals surface area (Å²) in [5.41, 5.74) is 2.43. The zero-order chi connectivity index (χ0) is 18.0. The normalized spacial score (nSPS) is 14.6. The fourth-order valence-electron chi connectivity index (χ4n) is 3.05. The predicted molar refractivity (Wildman–Crippen MR) is 96.8 cm³/mol. The zero-order valence-electron chi connectivity index (χ0n) is 15.0. The van der Waals surface area contributed by atoms with E-state index in [4.69, 9.17) is 14.2 Å². The Bertz CT molecular complexity index is 754. The lowest BCUT2D eigenvalue weighted by Crippen LogP contribution is -2.27. The molecule has 132 valence electrons. The lowest BCUT2D eigenvalue weighted by molar-refractivity contribution is -0.118. The molecule has 5 nitrogen and oxygen atoms in total. The zero-order valence-corrected chi connectivity index (χ0v) is 15.0. The van der Waals surface area contributed by atoms with E-state index in [1.807, 2.05) is 31.2 Å². The third-order valence-corrected chi connectivity index (χ3v) is 4.71. The second-order valence-corrected chi connectivity index (χ2v) is 6.32. The number of ether oxygens (including phenoxy) is 3. The fourth-order valence-corrected chi connectivity index (χ4v) is 3.05. The number of aryl methyl sites for hydroxylation is 1. The van der Waals surface area contributed by atoms with Crippen LogP contribution < -0.4 is 19.5 Å². The SMILES string of the molecule is COc1cc(NC(=O)C2(c3ccc(C)cc3)CC2)cc(OC)c1OC. The van der Waals surface area contributed by atoms with Gasteiger partial charge in [0.2, 0.25) is 11.7 Å². The smallest absolute Gasteiger partial charge is 0.235 e. The maximum absolute atomic E-state index is 12.9. The summed E-state index contributed by atoms with van der Waals surface area (Å²) in [6, 6.07) is 11.6. The number of hydrogen-bond donors (Lipinski definition) is 1. The van der Waals surface area contributed by atoms with Gasteiger partial charge >= 0.3 is 0 Å². The van der Waals surface area contributed by atoms with Crippen molar-refractivity contribution in [2.24, 2.45) is 0 Å². The first-order chi connectivity index (χ1) is 12.0. The lowest BCUT2D eigenvalue weighted by Gasteiger charge is -2.18. The van der Waals surface area contributed by atoms with Gasteiger partial charge in [-0.15, -0.1) is 0 Å². The predicted octanol–water partition coefficient (Wildman–Crippen LogP) is 3.69. The molecule has 0 atom stereocenters. The van der Waals surface area contributed by atoms with Crippen LogP contribution in [0, 0.1) is 6.92 Å². The number of carbonyl (C=O) groups excluding carboxylic acids is 1. The Morgan fingerprint density at radius 2 is 1.52 bits per heavy atom. The highest BCUT2D eigenvalue weighted by Gasteiger charge is 2.51. The van der Waals surface area contributed by atoms with Gasteiger partial charge in [-0.2, -0.15) is 0 Å². The van der Waals surface area contributed by atoms with Crippen LogP contribution in [-0.4, -0.2) is 27.2 Å². The molecule has 1 aliphatic carbocycles. The summed E-state index contributed by atoms with van der Waals surface area (Å²) in [6.45, 7) is 2.04. The summed E-state index contributed by atoms with van der Waals surface area (Å²) in [4.78, 5) is 12.9. The molecule has 0 radical (unpaired) electrons. The Kier molecular flexibility index (Phi) is 4.57. The Morgan fingerprint density at radius 1 is 0.960 bits per heavy atom. The molecule has 3 rings (SSSR count). The highest BCUT2D eigenvalue weighted by molar-refractivity contribution is 6.01. The molecule has 0 bridgehead atoms. The van der Waals surface area contributed by atoms with Crippen molar-refractivity contribution in [3.63, 3.8) is 0 Å². The van der Waals surface area contributed by atoms with Crippen LogP contribution in [-0.2, 0) is 10.2 Å². The number of carbonyl (C=O) groups is 1. The molecule has 0 unspecified atom stereocenters. The van der Waals surface area contributed by atoms with E-state index in [2.05, 4.69) is 5.32 Å². The van der Waals surface area contributed by atoms with Crippen LogP contribution in [0.4, 0.5) is 5.69 Å². The number of nitrogens with one attached hydrogen (secondary N) is 1. The number of methoxy groups -OCH3 is 3.